The van der Waals surface area contributed by atoms with E-state index in [1.807, 2.05) is 12.1 Å². The van der Waals surface area contributed by atoms with Crippen molar-refractivity contribution in [1.82, 2.24) is 19.7 Å². The highest BCUT2D eigenvalue weighted by Gasteiger charge is 2.19. The number of nitrogens with one attached hydrogen (secondary N) is 1. The van der Waals surface area contributed by atoms with E-state index in [9.17, 15) is 4.79 Å². The van der Waals surface area contributed by atoms with Gasteiger partial charge in [-0.3, -0.25) is 9.78 Å². The molecular formula is C25H25ClN6O. The molecule has 2 heterocycles. The van der Waals surface area contributed by atoms with Gasteiger partial charge < -0.3 is 10.2 Å². The van der Waals surface area contributed by atoms with Crippen LogP contribution in [0.5, 0.6) is 0 Å². The van der Waals surface area contributed by atoms with Gasteiger partial charge in [0.05, 0.1) is 0 Å². The van der Waals surface area contributed by atoms with Crippen LogP contribution in [-0.2, 0) is 6.54 Å². The van der Waals surface area contributed by atoms with Crippen molar-refractivity contribution in [1.29, 1.82) is 0 Å². The maximum Gasteiger partial charge on any atom is 0.281 e. The van der Waals surface area contributed by atoms with E-state index in [-0.39, 0.29) is 5.91 Å². The van der Waals surface area contributed by atoms with Crippen LogP contribution in [0, 0.1) is 0 Å². The van der Waals surface area contributed by atoms with Crippen molar-refractivity contribution in [2.24, 2.45) is 0 Å². The van der Waals surface area contributed by atoms with Gasteiger partial charge in [-0.05, 0) is 67.9 Å². The molecule has 0 aliphatic carbocycles. The van der Waals surface area contributed by atoms with Crippen LogP contribution >= 0.6 is 11.6 Å². The summed E-state index contributed by atoms with van der Waals surface area (Å²) in [6.07, 6.45) is 3.35. The average molecular weight is 461 g/mol. The molecule has 4 rings (SSSR count). The zero-order valence-corrected chi connectivity index (χ0v) is 19.3. The van der Waals surface area contributed by atoms with Gasteiger partial charge in [0.25, 0.3) is 5.91 Å². The molecule has 0 spiro atoms. The zero-order valence-electron chi connectivity index (χ0n) is 18.6. The number of aromatic nitrogens is 4. The summed E-state index contributed by atoms with van der Waals surface area (Å²) in [6.45, 7) is 6.70. The second-order valence-electron chi connectivity index (χ2n) is 7.42. The Balaban J connectivity index is 1.60. The highest BCUT2D eigenvalue weighted by molar-refractivity contribution is 6.30. The summed E-state index contributed by atoms with van der Waals surface area (Å²) in [5.74, 6) is 0.486. The van der Waals surface area contributed by atoms with E-state index in [1.54, 1.807) is 36.7 Å². The molecular weight excluding hydrogens is 436 g/mol. The van der Waals surface area contributed by atoms with Gasteiger partial charge >= 0.3 is 0 Å². The second kappa shape index (κ2) is 10.3. The molecule has 0 aliphatic heterocycles. The van der Waals surface area contributed by atoms with E-state index in [4.69, 9.17) is 11.6 Å². The molecule has 8 heteroatoms. The average Bonchev–Trinajstić information content (AvgIpc) is 3.29. The Morgan fingerprint density at radius 1 is 1.03 bits per heavy atom. The molecule has 33 heavy (non-hydrogen) atoms. The Morgan fingerprint density at radius 3 is 2.39 bits per heavy atom. The number of hydrogen-bond acceptors (Lipinski definition) is 6. The van der Waals surface area contributed by atoms with Gasteiger partial charge in [-0.2, -0.15) is 9.67 Å². The highest BCUT2D eigenvalue weighted by atomic mass is 35.5. The molecule has 0 aliphatic rings. The number of pyridine rings is 1. The smallest absolute Gasteiger partial charge is 0.281 e. The number of rotatable bonds is 8. The van der Waals surface area contributed by atoms with Gasteiger partial charge in [-0.25, -0.2) is 0 Å². The Morgan fingerprint density at radius 2 is 1.76 bits per heavy atom. The van der Waals surface area contributed by atoms with Crippen LogP contribution < -0.4 is 10.2 Å². The first-order valence-electron chi connectivity index (χ1n) is 10.8. The van der Waals surface area contributed by atoms with Crippen molar-refractivity contribution < 1.29 is 4.79 Å². The summed E-state index contributed by atoms with van der Waals surface area (Å²) in [4.78, 5) is 24.2. The molecule has 0 amide bonds. The van der Waals surface area contributed by atoms with Crippen molar-refractivity contribution in [2.45, 2.75) is 20.4 Å². The van der Waals surface area contributed by atoms with Crippen molar-refractivity contribution in [2.75, 3.05) is 23.3 Å². The number of hydrogen-bond donors (Lipinski definition) is 1. The van der Waals surface area contributed by atoms with Crippen LogP contribution in [0.15, 0.2) is 73.1 Å². The highest BCUT2D eigenvalue weighted by Crippen LogP contribution is 2.20. The molecule has 1 N–H and O–H groups in total. The molecule has 2 aromatic carbocycles. The standard InChI is InChI=1S/C25H25ClN6O/c1-3-31(4-2)22-13-7-18(8-14-22)16-28-25-29-23(20-6-5-15-27-17-20)30-32(25)24(33)19-9-11-21(26)12-10-19/h5-15,17H,3-4,16H2,1-2H3,(H,28,29,30). The van der Waals surface area contributed by atoms with Crippen molar-refractivity contribution >= 4 is 29.1 Å². The third kappa shape index (κ3) is 5.21. The predicted octanol–water partition coefficient (Wildman–Crippen LogP) is 5.14. The molecule has 0 saturated heterocycles. The lowest BCUT2D eigenvalue weighted by Gasteiger charge is -2.21. The molecule has 0 fully saturated rings. The molecule has 0 saturated carbocycles. The largest absolute Gasteiger partial charge is 0.372 e. The summed E-state index contributed by atoms with van der Waals surface area (Å²) in [7, 11) is 0. The van der Waals surface area contributed by atoms with E-state index >= 15 is 0 Å². The lowest BCUT2D eigenvalue weighted by molar-refractivity contribution is 0.0947. The number of carbonyl (C=O) groups is 1. The lowest BCUT2D eigenvalue weighted by Crippen LogP contribution is -2.21. The molecule has 0 atom stereocenters. The van der Waals surface area contributed by atoms with Crippen LogP contribution in [-0.4, -0.2) is 38.7 Å². The van der Waals surface area contributed by atoms with Crippen LogP contribution in [0.1, 0.15) is 29.8 Å². The van der Waals surface area contributed by atoms with Crippen molar-refractivity contribution in [3.63, 3.8) is 0 Å². The first-order valence-corrected chi connectivity index (χ1v) is 11.2. The van der Waals surface area contributed by atoms with Gasteiger partial charge in [0.1, 0.15) is 0 Å². The molecule has 168 valence electrons. The Labute approximate surface area is 198 Å². The van der Waals surface area contributed by atoms with Gasteiger partial charge in [0.2, 0.25) is 5.95 Å². The predicted molar refractivity (Wildman–Crippen MR) is 132 cm³/mol. The summed E-state index contributed by atoms with van der Waals surface area (Å²) in [5.41, 5.74) is 3.45. The summed E-state index contributed by atoms with van der Waals surface area (Å²) in [6, 6.07) is 18.7. The number of nitrogens with zero attached hydrogens (tertiary/aromatic N) is 5. The third-order valence-corrected chi connectivity index (χ3v) is 5.58. The lowest BCUT2D eigenvalue weighted by atomic mass is 10.2. The van der Waals surface area contributed by atoms with Gasteiger partial charge in [0.15, 0.2) is 5.82 Å². The number of anilines is 2. The Bertz CT molecular complexity index is 1200. The minimum Gasteiger partial charge on any atom is -0.372 e. The van der Waals surface area contributed by atoms with Crippen LogP contribution in [0.2, 0.25) is 5.02 Å². The van der Waals surface area contributed by atoms with E-state index in [2.05, 4.69) is 63.4 Å². The SMILES string of the molecule is CCN(CC)c1ccc(CNc2nc(-c3cccnc3)nn2C(=O)c2ccc(Cl)cc2)cc1. The van der Waals surface area contributed by atoms with E-state index < -0.39 is 0 Å². The van der Waals surface area contributed by atoms with Crippen LogP contribution in [0.25, 0.3) is 11.4 Å². The topological polar surface area (TPSA) is 75.9 Å². The molecule has 2 aromatic heterocycles. The van der Waals surface area contributed by atoms with Gasteiger partial charge in [-0.15, -0.1) is 5.10 Å². The molecule has 4 aromatic rings. The third-order valence-electron chi connectivity index (χ3n) is 5.33. The second-order valence-corrected chi connectivity index (χ2v) is 7.85. The molecule has 7 nitrogen and oxygen atoms in total. The minimum absolute atomic E-state index is 0.298. The van der Waals surface area contributed by atoms with E-state index in [1.165, 1.54) is 10.4 Å². The van der Waals surface area contributed by atoms with Crippen LogP contribution in [0.4, 0.5) is 11.6 Å². The van der Waals surface area contributed by atoms with Crippen LogP contribution in [0.3, 0.4) is 0 Å². The first-order chi connectivity index (χ1) is 16.1. The normalized spacial score (nSPS) is 10.8. The van der Waals surface area contributed by atoms with Crippen molar-refractivity contribution in [3.05, 3.63) is 89.2 Å². The maximum absolute atomic E-state index is 13.2. The first kappa shape index (κ1) is 22.5. The fourth-order valence-corrected chi connectivity index (χ4v) is 3.62. The molecule has 0 bridgehead atoms. The quantitative estimate of drug-likeness (QED) is 0.392. The fraction of sp³-hybridized carbons (Fsp3) is 0.200. The van der Waals surface area contributed by atoms with Crippen molar-refractivity contribution in [3.8, 4) is 11.4 Å². The van der Waals surface area contributed by atoms with E-state index in [0.29, 0.717) is 28.9 Å². The Hall–Kier alpha value is -3.71. The Kier molecular flexibility index (Phi) is 7.00. The van der Waals surface area contributed by atoms with Gasteiger partial charge in [-0.1, -0.05) is 23.7 Å². The summed E-state index contributed by atoms with van der Waals surface area (Å²) in [5, 5.41) is 8.29. The molecule has 0 radical (unpaired) electrons. The van der Waals surface area contributed by atoms with E-state index in [0.717, 1.165) is 24.2 Å². The summed E-state index contributed by atoms with van der Waals surface area (Å²) < 4.78 is 1.29. The molecule has 0 unspecified atom stereocenters. The minimum atomic E-state index is -0.298. The fourth-order valence-electron chi connectivity index (χ4n) is 3.49. The van der Waals surface area contributed by atoms with Gasteiger partial charge in [0, 0.05) is 53.9 Å². The number of halogens is 1. The number of benzene rings is 2. The zero-order chi connectivity index (χ0) is 23.2. The monoisotopic (exact) mass is 460 g/mol. The maximum atomic E-state index is 13.2. The summed E-state index contributed by atoms with van der Waals surface area (Å²) >= 11 is 5.98. The number of carbonyl (C=O) groups excluding carboxylic acids is 1.